The van der Waals surface area contributed by atoms with E-state index in [-0.39, 0.29) is 19.4 Å². The first-order valence-corrected chi connectivity index (χ1v) is 26.1. The van der Waals surface area contributed by atoms with Crippen LogP contribution in [0.5, 0.6) is 0 Å². The minimum atomic E-state index is -4.63. The lowest BCUT2D eigenvalue weighted by molar-refractivity contribution is -0.161. The second-order valence-corrected chi connectivity index (χ2v) is 17.9. The molecule has 10 nitrogen and oxygen atoms in total. The lowest BCUT2D eigenvalue weighted by Crippen LogP contribution is -2.29. The summed E-state index contributed by atoms with van der Waals surface area (Å²) >= 11 is 0. The number of unbranched alkanes of at least 4 members (excludes halogenated alkanes) is 24. The third kappa shape index (κ3) is 45.8. The Hall–Kier alpha value is -2.07. The fourth-order valence-corrected chi connectivity index (χ4v) is 7.48. The van der Waals surface area contributed by atoms with Gasteiger partial charge in [-0.2, -0.15) is 0 Å². The van der Waals surface area contributed by atoms with E-state index in [1.165, 1.54) is 116 Å². The molecule has 0 aliphatic rings. The highest BCUT2D eigenvalue weighted by molar-refractivity contribution is 7.47. The molecule has 0 aromatic carbocycles. The van der Waals surface area contributed by atoms with Crippen LogP contribution in [0.15, 0.2) is 48.6 Å². The van der Waals surface area contributed by atoms with Gasteiger partial charge in [0.25, 0.3) is 0 Å². The number of phosphoric ester groups is 1. The van der Waals surface area contributed by atoms with Gasteiger partial charge in [0.1, 0.15) is 12.7 Å². The molecule has 0 aromatic rings. The van der Waals surface area contributed by atoms with E-state index in [4.69, 9.17) is 23.6 Å². The van der Waals surface area contributed by atoms with Crippen molar-refractivity contribution in [3.05, 3.63) is 48.6 Å². The maximum Gasteiger partial charge on any atom is 0.472 e. The Labute approximate surface area is 373 Å². The molecule has 3 N–H and O–H groups in total. The maximum absolute atomic E-state index is 12.6. The Kier molecular flexibility index (Phi) is 44.4. The van der Waals surface area contributed by atoms with Gasteiger partial charge in [0, 0.05) is 12.8 Å². The third-order valence-corrected chi connectivity index (χ3v) is 11.4. The van der Waals surface area contributed by atoms with Gasteiger partial charge in [-0.3, -0.25) is 18.6 Å². The predicted molar refractivity (Wildman–Crippen MR) is 251 cm³/mol. The number of aliphatic hydroxyl groups excluding tert-OH is 2. The van der Waals surface area contributed by atoms with Crippen LogP contribution in [-0.4, -0.2) is 65.7 Å². The van der Waals surface area contributed by atoms with Gasteiger partial charge in [-0.1, -0.05) is 204 Å². The summed E-state index contributed by atoms with van der Waals surface area (Å²) in [4.78, 5) is 35.1. The molecule has 0 saturated carbocycles. The number of carbonyl (C=O) groups excluding carboxylic acids is 2. The van der Waals surface area contributed by atoms with Crippen LogP contribution < -0.4 is 0 Å². The van der Waals surface area contributed by atoms with Gasteiger partial charge in [0.2, 0.25) is 0 Å². The molecule has 0 radical (unpaired) electrons. The largest absolute Gasteiger partial charge is 0.472 e. The molecule has 0 heterocycles. The van der Waals surface area contributed by atoms with Crippen molar-refractivity contribution in [1.82, 2.24) is 0 Å². The number of aliphatic hydroxyl groups is 2. The fraction of sp³-hybridized carbons (Fsp3) is 0.800. The monoisotopic (exact) mass is 883 g/mol. The van der Waals surface area contributed by atoms with E-state index >= 15 is 0 Å². The van der Waals surface area contributed by atoms with Gasteiger partial charge >= 0.3 is 19.8 Å². The van der Waals surface area contributed by atoms with Crippen LogP contribution in [0.1, 0.15) is 219 Å². The summed E-state index contributed by atoms with van der Waals surface area (Å²) in [6.07, 6.45) is 50.8. The van der Waals surface area contributed by atoms with Gasteiger partial charge in [-0.15, -0.1) is 0 Å². The fourth-order valence-electron chi connectivity index (χ4n) is 6.69. The van der Waals surface area contributed by atoms with Crippen LogP contribution in [0.3, 0.4) is 0 Å². The lowest BCUT2D eigenvalue weighted by atomic mass is 10.0. The Morgan fingerprint density at radius 3 is 1.34 bits per heavy atom. The Morgan fingerprint density at radius 1 is 0.492 bits per heavy atom. The van der Waals surface area contributed by atoms with Crippen LogP contribution in [0, 0.1) is 0 Å². The first-order chi connectivity index (χ1) is 29.7. The number of carbonyl (C=O) groups is 2. The summed E-state index contributed by atoms with van der Waals surface area (Å²) < 4.78 is 32.8. The number of rotatable bonds is 46. The number of phosphoric acid groups is 1. The number of ether oxygens (including phenoxy) is 2. The first kappa shape index (κ1) is 58.9. The van der Waals surface area contributed by atoms with Crippen LogP contribution in [0.4, 0.5) is 0 Å². The molecule has 0 aromatic heterocycles. The van der Waals surface area contributed by atoms with Crippen molar-refractivity contribution in [1.29, 1.82) is 0 Å². The van der Waals surface area contributed by atoms with E-state index in [1.54, 1.807) is 0 Å². The predicted octanol–water partition coefficient (Wildman–Crippen LogP) is 13.7. The minimum Gasteiger partial charge on any atom is -0.462 e. The van der Waals surface area contributed by atoms with Gasteiger partial charge in [-0.05, 0) is 51.4 Å². The molecule has 0 amide bonds. The number of hydrogen-bond donors (Lipinski definition) is 3. The van der Waals surface area contributed by atoms with Crippen LogP contribution in [0.2, 0.25) is 0 Å². The van der Waals surface area contributed by atoms with Crippen molar-refractivity contribution in [2.45, 2.75) is 232 Å². The smallest absolute Gasteiger partial charge is 0.462 e. The van der Waals surface area contributed by atoms with Crippen LogP contribution in [-0.2, 0) is 32.7 Å². The van der Waals surface area contributed by atoms with E-state index < -0.39 is 51.8 Å². The molecular formula is C50H91O10P. The number of allylic oxidation sites excluding steroid dienone is 8. The lowest BCUT2D eigenvalue weighted by Gasteiger charge is -2.20. The summed E-state index contributed by atoms with van der Waals surface area (Å²) in [6.45, 7) is 2.31. The molecule has 0 aliphatic heterocycles. The Bertz CT molecular complexity index is 1150. The molecule has 11 heteroatoms. The first-order valence-electron chi connectivity index (χ1n) is 24.6. The quantitative estimate of drug-likeness (QED) is 0.0233. The molecule has 3 atom stereocenters. The molecule has 0 aliphatic carbocycles. The van der Waals surface area contributed by atoms with Gasteiger partial charge in [-0.25, -0.2) is 4.57 Å². The average Bonchev–Trinajstić information content (AvgIpc) is 3.25. The summed E-state index contributed by atoms with van der Waals surface area (Å²) in [5, 5.41) is 18.4. The van der Waals surface area contributed by atoms with Crippen molar-refractivity contribution in [2.75, 3.05) is 26.4 Å². The van der Waals surface area contributed by atoms with Crippen LogP contribution >= 0.6 is 7.82 Å². The van der Waals surface area contributed by atoms with E-state index in [2.05, 4.69) is 62.5 Å². The number of hydrogen-bond acceptors (Lipinski definition) is 9. The molecule has 356 valence electrons. The molecule has 61 heavy (non-hydrogen) atoms. The molecule has 0 fully saturated rings. The van der Waals surface area contributed by atoms with Gasteiger partial charge in [0.15, 0.2) is 6.10 Å². The van der Waals surface area contributed by atoms with Crippen molar-refractivity contribution in [2.24, 2.45) is 0 Å². The number of esters is 2. The van der Waals surface area contributed by atoms with Crippen LogP contribution in [0.25, 0.3) is 0 Å². The maximum atomic E-state index is 12.6. The van der Waals surface area contributed by atoms with E-state index in [9.17, 15) is 24.2 Å². The minimum absolute atomic E-state index is 0.147. The second kappa shape index (κ2) is 45.9. The molecule has 0 rings (SSSR count). The second-order valence-electron chi connectivity index (χ2n) is 16.5. The highest BCUT2D eigenvalue weighted by Gasteiger charge is 2.27. The van der Waals surface area contributed by atoms with Crippen molar-refractivity contribution in [3.8, 4) is 0 Å². The molecule has 0 saturated heterocycles. The normalized spacial score (nSPS) is 14.1. The molecular weight excluding hydrogens is 792 g/mol. The van der Waals surface area contributed by atoms with E-state index in [0.717, 1.165) is 64.2 Å². The summed E-state index contributed by atoms with van der Waals surface area (Å²) in [6, 6.07) is 0. The zero-order valence-electron chi connectivity index (χ0n) is 38.9. The Balaban J connectivity index is 4.22. The molecule has 1 unspecified atom stereocenters. The van der Waals surface area contributed by atoms with E-state index in [1.807, 2.05) is 0 Å². The van der Waals surface area contributed by atoms with Crippen molar-refractivity contribution >= 4 is 19.8 Å². The van der Waals surface area contributed by atoms with E-state index in [0.29, 0.717) is 12.8 Å². The third-order valence-electron chi connectivity index (χ3n) is 10.5. The standard InChI is InChI=1S/C50H91O10P/c1-3-5-7-9-11-13-15-17-19-21-22-23-24-26-27-29-31-33-35-37-39-41-49(53)57-45-48(46-59-61(55,56)58-44-47(52)43-51)60-50(54)42-40-38-36-34-32-30-28-25-20-18-16-14-12-10-8-6-4-2/h8,10,14,16,20,25,30,32,47-48,51-52H,3-7,9,11-13,15,17-19,21-24,26-29,31,33-46H2,1-2H3,(H,55,56)/b10-8+,16-14+,25-20+,32-30+/t47-,48+/m0/s1. The van der Waals surface area contributed by atoms with Gasteiger partial charge in [0.05, 0.1) is 19.8 Å². The van der Waals surface area contributed by atoms with Crippen molar-refractivity contribution < 1.29 is 47.8 Å². The highest BCUT2D eigenvalue weighted by Crippen LogP contribution is 2.43. The zero-order chi connectivity index (χ0) is 44.8. The summed E-state index contributed by atoms with van der Waals surface area (Å²) in [5.41, 5.74) is 0. The molecule has 0 spiro atoms. The highest BCUT2D eigenvalue weighted by atomic mass is 31.2. The average molecular weight is 883 g/mol. The van der Waals surface area contributed by atoms with Crippen molar-refractivity contribution in [3.63, 3.8) is 0 Å². The summed E-state index contributed by atoms with van der Waals surface area (Å²) in [5.74, 6) is -0.954. The zero-order valence-corrected chi connectivity index (χ0v) is 39.8. The topological polar surface area (TPSA) is 149 Å². The summed E-state index contributed by atoms with van der Waals surface area (Å²) in [7, 11) is -4.63. The molecule has 0 bridgehead atoms. The Morgan fingerprint density at radius 2 is 0.885 bits per heavy atom. The van der Waals surface area contributed by atoms with Gasteiger partial charge < -0.3 is 24.6 Å². The SMILES string of the molecule is CCC/C=C/C/C=C/C/C=C/C/C=C/CCCCCC(=O)O[C@H](COC(=O)CCCCCCCCCCCCCCCCCCCCCCC)COP(=O)(O)OC[C@@H](O)CO.